The number of hydrogen-bond acceptors (Lipinski definition) is 4. The van der Waals surface area contributed by atoms with Gasteiger partial charge in [0, 0.05) is 41.6 Å². The second-order valence-electron chi connectivity index (χ2n) is 5.94. The number of fused-ring (bicyclic) bond motifs is 1. The molecular weight excluding hydrogens is 487 g/mol. The van der Waals surface area contributed by atoms with E-state index in [-0.39, 0.29) is 24.0 Å². The van der Waals surface area contributed by atoms with Gasteiger partial charge in [-0.2, -0.15) is 0 Å². The van der Waals surface area contributed by atoms with Gasteiger partial charge in [0.1, 0.15) is 6.54 Å². The SMILES string of the molecule is CCNC(=NCc1nnc2ccccn12)NCCS(=O)Cc1ccccc1.I. The average Bonchev–Trinajstić information content (AvgIpc) is 3.10. The maximum Gasteiger partial charge on any atom is 0.191 e. The van der Waals surface area contributed by atoms with Crippen LogP contribution in [0.25, 0.3) is 5.65 Å². The van der Waals surface area contributed by atoms with Gasteiger partial charge in [-0.25, -0.2) is 4.99 Å². The number of hydrogen-bond donors (Lipinski definition) is 2. The van der Waals surface area contributed by atoms with Crippen molar-refractivity contribution in [1.82, 2.24) is 25.2 Å². The van der Waals surface area contributed by atoms with Crippen molar-refractivity contribution < 1.29 is 4.21 Å². The fourth-order valence-electron chi connectivity index (χ4n) is 2.61. The number of rotatable bonds is 8. The van der Waals surface area contributed by atoms with E-state index in [1.165, 1.54) is 0 Å². The predicted octanol–water partition coefficient (Wildman–Crippen LogP) is 2.35. The minimum Gasteiger partial charge on any atom is -0.357 e. The molecule has 3 aromatic rings. The third-order valence-electron chi connectivity index (χ3n) is 3.90. The molecule has 1 atom stereocenters. The third-order valence-corrected chi connectivity index (χ3v) is 5.21. The van der Waals surface area contributed by atoms with E-state index in [2.05, 4.69) is 25.8 Å². The number of aromatic nitrogens is 3. The smallest absolute Gasteiger partial charge is 0.191 e. The zero-order chi connectivity index (χ0) is 18.9. The van der Waals surface area contributed by atoms with Gasteiger partial charge >= 0.3 is 0 Å². The lowest BCUT2D eigenvalue weighted by molar-refractivity contribution is 0.680. The largest absolute Gasteiger partial charge is 0.357 e. The van der Waals surface area contributed by atoms with E-state index in [9.17, 15) is 4.21 Å². The maximum atomic E-state index is 12.2. The highest BCUT2D eigenvalue weighted by Gasteiger charge is 2.06. The molecule has 0 radical (unpaired) electrons. The van der Waals surface area contributed by atoms with Crippen molar-refractivity contribution in [3.63, 3.8) is 0 Å². The molecule has 0 aliphatic carbocycles. The van der Waals surface area contributed by atoms with Crippen LogP contribution in [-0.4, -0.2) is 43.6 Å². The van der Waals surface area contributed by atoms with E-state index in [4.69, 9.17) is 0 Å². The van der Waals surface area contributed by atoms with Crippen LogP contribution >= 0.6 is 24.0 Å². The van der Waals surface area contributed by atoms with Crippen LogP contribution in [0.15, 0.2) is 59.7 Å². The van der Waals surface area contributed by atoms with Crippen LogP contribution in [0.5, 0.6) is 0 Å². The van der Waals surface area contributed by atoms with Crippen molar-refractivity contribution in [2.24, 2.45) is 4.99 Å². The van der Waals surface area contributed by atoms with Gasteiger partial charge in [-0.3, -0.25) is 8.61 Å². The molecule has 0 spiro atoms. The summed E-state index contributed by atoms with van der Waals surface area (Å²) in [6.45, 7) is 3.76. The molecule has 150 valence electrons. The summed E-state index contributed by atoms with van der Waals surface area (Å²) < 4.78 is 14.2. The molecular formula is C19H25IN6OS. The molecule has 2 heterocycles. The topological polar surface area (TPSA) is 83.7 Å². The van der Waals surface area contributed by atoms with Gasteiger partial charge in [0.15, 0.2) is 17.4 Å². The Labute approximate surface area is 184 Å². The normalized spacial score (nSPS) is 12.4. The Morgan fingerprint density at radius 2 is 1.89 bits per heavy atom. The summed E-state index contributed by atoms with van der Waals surface area (Å²) in [6.07, 6.45) is 1.92. The molecule has 1 aromatic carbocycles. The number of nitrogens with zero attached hydrogens (tertiary/aromatic N) is 4. The fourth-order valence-corrected chi connectivity index (χ4v) is 3.64. The molecule has 7 nitrogen and oxygen atoms in total. The Hall–Kier alpha value is -2.01. The van der Waals surface area contributed by atoms with Crippen molar-refractivity contribution in [1.29, 1.82) is 0 Å². The highest BCUT2D eigenvalue weighted by atomic mass is 127. The van der Waals surface area contributed by atoms with Crippen LogP contribution in [0, 0.1) is 0 Å². The van der Waals surface area contributed by atoms with Crippen molar-refractivity contribution >= 4 is 46.4 Å². The number of halogens is 1. The zero-order valence-corrected chi connectivity index (χ0v) is 18.9. The Bertz CT molecular complexity index is 915. The van der Waals surface area contributed by atoms with Crippen molar-refractivity contribution in [2.75, 3.05) is 18.8 Å². The molecule has 3 rings (SSSR count). The summed E-state index contributed by atoms with van der Waals surface area (Å²) in [7, 11) is -0.915. The van der Waals surface area contributed by atoms with Crippen molar-refractivity contribution in [3.05, 3.63) is 66.1 Å². The monoisotopic (exact) mass is 512 g/mol. The third kappa shape index (κ3) is 6.55. The summed E-state index contributed by atoms with van der Waals surface area (Å²) >= 11 is 0. The second-order valence-corrected chi connectivity index (χ2v) is 7.52. The highest BCUT2D eigenvalue weighted by Crippen LogP contribution is 2.04. The van der Waals surface area contributed by atoms with Crippen LogP contribution < -0.4 is 10.6 Å². The number of nitrogens with one attached hydrogen (secondary N) is 2. The Balaban J connectivity index is 0.00000280. The van der Waals surface area contributed by atoms with E-state index >= 15 is 0 Å². The molecule has 2 aromatic heterocycles. The van der Waals surface area contributed by atoms with Gasteiger partial charge in [-0.15, -0.1) is 34.2 Å². The minimum absolute atomic E-state index is 0. The van der Waals surface area contributed by atoms with Crippen LogP contribution in [0.2, 0.25) is 0 Å². The van der Waals surface area contributed by atoms with E-state index < -0.39 is 10.8 Å². The van der Waals surface area contributed by atoms with Crippen LogP contribution in [0.3, 0.4) is 0 Å². The first-order chi connectivity index (χ1) is 13.3. The molecule has 0 saturated carbocycles. The first kappa shape index (κ1) is 22.3. The summed E-state index contributed by atoms with van der Waals surface area (Å²) in [5.74, 6) is 2.59. The molecule has 0 saturated heterocycles. The lowest BCUT2D eigenvalue weighted by Gasteiger charge is -2.11. The molecule has 0 bridgehead atoms. The Morgan fingerprint density at radius 3 is 2.68 bits per heavy atom. The van der Waals surface area contributed by atoms with Gasteiger partial charge in [0.2, 0.25) is 0 Å². The number of pyridine rings is 1. The van der Waals surface area contributed by atoms with E-state index in [0.717, 1.165) is 23.6 Å². The lowest BCUT2D eigenvalue weighted by atomic mass is 10.2. The van der Waals surface area contributed by atoms with Crippen LogP contribution in [-0.2, 0) is 23.1 Å². The number of aliphatic imine (C=N–C) groups is 1. The van der Waals surface area contributed by atoms with Crippen molar-refractivity contribution in [3.8, 4) is 0 Å². The van der Waals surface area contributed by atoms with Gasteiger partial charge < -0.3 is 10.6 Å². The molecule has 0 aliphatic rings. The fraction of sp³-hybridized carbons (Fsp3) is 0.316. The van der Waals surface area contributed by atoms with E-state index in [0.29, 0.717) is 30.6 Å². The molecule has 0 amide bonds. The maximum absolute atomic E-state index is 12.2. The highest BCUT2D eigenvalue weighted by molar-refractivity contribution is 14.0. The Kier molecular flexibility index (Phi) is 9.35. The molecule has 28 heavy (non-hydrogen) atoms. The summed E-state index contributed by atoms with van der Waals surface area (Å²) in [6, 6.07) is 15.7. The molecule has 0 fully saturated rings. The van der Waals surface area contributed by atoms with Crippen LogP contribution in [0.1, 0.15) is 18.3 Å². The Morgan fingerprint density at radius 1 is 1.11 bits per heavy atom. The molecule has 0 aliphatic heterocycles. The predicted molar refractivity (Wildman–Crippen MR) is 124 cm³/mol. The van der Waals surface area contributed by atoms with Gasteiger partial charge in [-0.1, -0.05) is 36.4 Å². The number of benzene rings is 1. The first-order valence-corrected chi connectivity index (χ1v) is 10.4. The van der Waals surface area contributed by atoms with Gasteiger partial charge in [0.05, 0.1) is 0 Å². The minimum atomic E-state index is -0.915. The van der Waals surface area contributed by atoms with Crippen molar-refractivity contribution in [2.45, 2.75) is 19.2 Å². The molecule has 2 N–H and O–H groups in total. The van der Waals surface area contributed by atoms with E-state index in [1.54, 1.807) is 0 Å². The average molecular weight is 512 g/mol. The summed E-state index contributed by atoms with van der Waals surface area (Å²) in [4.78, 5) is 4.56. The lowest BCUT2D eigenvalue weighted by Crippen LogP contribution is -2.39. The quantitative estimate of drug-likeness (QED) is 0.275. The zero-order valence-electron chi connectivity index (χ0n) is 15.7. The second kappa shape index (κ2) is 11.7. The molecule has 9 heteroatoms. The number of guanidine groups is 1. The standard InChI is InChI=1S/C19H24N6OS.HI/c1-2-20-19(21-11-13-27(26)15-16-8-4-3-5-9-16)22-14-18-24-23-17-10-6-7-12-25(17)18;/h3-10,12H,2,11,13-15H2,1H3,(H2,20,21,22);1H. The van der Waals surface area contributed by atoms with Gasteiger partial charge in [0.25, 0.3) is 0 Å². The van der Waals surface area contributed by atoms with E-state index in [1.807, 2.05) is 66.1 Å². The van der Waals surface area contributed by atoms with Crippen LogP contribution in [0.4, 0.5) is 0 Å². The van der Waals surface area contributed by atoms with Gasteiger partial charge in [-0.05, 0) is 24.6 Å². The summed E-state index contributed by atoms with van der Waals surface area (Å²) in [5.41, 5.74) is 1.90. The first-order valence-electron chi connectivity index (χ1n) is 8.96. The summed E-state index contributed by atoms with van der Waals surface area (Å²) in [5, 5.41) is 14.8. The molecule has 1 unspecified atom stereocenters.